The lowest BCUT2D eigenvalue weighted by Crippen LogP contribution is -2.12. The second kappa shape index (κ2) is 7.05. The van der Waals surface area contributed by atoms with Crippen molar-refractivity contribution in [1.29, 1.82) is 0 Å². The Morgan fingerprint density at radius 1 is 1.07 bits per heavy atom. The second-order valence-corrected chi connectivity index (χ2v) is 7.69. The Bertz CT molecular complexity index is 1150. The van der Waals surface area contributed by atoms with Gasteiger partial charge in [-0.15, -0.1) is 11.3 Å². The van der Waals surface area contributed by atoms with Gasteiger partial charge in [-0.25, -0.2) is 0 Å². The molecule has 0 fully saturated rings. The van der Waals surface area contributed by atoms with Gasteiger partial charge in [-0.3, -0.25) is 4.79 Å². The highest BCUT2D eigenvalue weighted by Crippen LogP contribution is 2.37. The average molecular weight is 387 g/mol. The lowest BCUT2D eigenvalue weighted by molar-refractivity contribution is -0.116. The summed E-state index contributed by atoms with van der Waals surface area (Å²) in [5.41, 5.74) is 5.94. The quantitative estimate of drug-likeness (QED) is 0.464. The molecule has 2 aromatic carbocycles. The van der Waals surface area contributed by atoms with Crippen molar-refractivity contribution in [3.05, 3.63) is 77.0 Å². The van der Waals surface area contributed by atoms with Crippen molar-refractivity contribution >= 4 is 22.9 Å². The molecule has 0 atom stereocenters. The van der Waals surface area contributed by atoms with Crippen LogP contribution in [0.15, 0.2) is 64.5 Å². The van der Waals surface area contributed by atoms with Gasteiger partial charge in [-0.1, -0.05) is 41.6 Å². The van der Waals surface area contributed by atoms with Crippen LogP contribution in [0.4, 0.5) is 5.69 Å². The van der Waals surface area contributed by atoms with Crippen LogP contribution in [0.1, 0.15) is 23.4 Å². The van der Waals surface area contributed by atoms with Crippen LogP contribution in [0.2, 0.25) is 0 Å². The van der Waals surface area contributed by atoms with Crippen LogP contribution >= 0.6 is 11.3 Å². The number of carbonyl (C=O) groups is 1. The SMILES string of the molecule is O=C(CCc1nc(-c2cccs2)no1)Nc1ccc2c(c1)Cc1ccccc1-2. The van der Waals surface area contributed by atoms with Crippen molar-refractivity contribution in [3.8, 4) is 21.8 Å². The van der Waals surface area contributed by atoms with Gasteiger partial charge in [0.2, 0.25) is 17.6 Å². The smallest absolute Gasteiger partial charge is 0.227 e. The molecule has 1 N–H and O–H groups in total. The summed E-state index contributed by atoms with van der Waals surface area (Å²) in [5, 5.41) is 8.91. The van der Waals surface area contributed by atoms with Crippen LogP contribution in [0.25, 0.3) is 21.8 Å². The molecule has 5 rings (SSSR count). The van der Waals surface area contributed by atoms with E-state index in [4.69, 9.17) is 4.52 Å². The average Bonchev–Trinajstić information content (AvgIpc) is 3.44. The van der Waals surface area contributed by atoms with Crippen LogP contribution < -0.4 is 5.32 Å². The van der Waals surface area contributed by atoms with E-state index in [9.17, 15) is 4.79 Å². The molecule has 0 spiro atoms. The molecule has 0 saturated carbocycles. The summed E-state index contributed by atoms with van der Waals surface area (Å²) in [4.78, 5) is 17.7. The molecule has 0 aliphatic heterocycles. The molecule has 0 unspecified atom stereocenters. The molecule has 6 heteroatoms. The first-order valence-electron chi connectivity index (χ1n) is 9.14. The highest BCUT2D eigenvalue weighted by molar-refractivity contribution is 7.13. The first-order valence-corrected chi connectivity index (χ1v) is 10.0. The number of hydrogen-bond donors (Lipinski definition) is 1. The van der Waals surface area contributed by atoms with Gasteiger partial charge in [0.05, 0.1) is 4.88 Å². The van der Waals surface area contributed by atoms with Crippen molar-refractivity contribution in [2.24, 2.45) is 0 Å². The zero-order valence-corrected chi connectivity index (χ0v) is 15.8. The van der Waals surface area contributed by atoms with E-state index in [2.05, 4.69) is 51.9 Å². The molecule has 5 nitrogen and oxygen atoms in total. The summed E-state index contributed by atoms with van der Waals surface area (Å²) in [6, 6.07) is 18.4. The maximum atomic E-state index is 12.3. The Morgan fingerprint density at radius 3 is 2.86 bits per heavy atom. The first-order chi connectivity index (χ1) is 13.8. The van der Waals surface area contributed by atoms with Crippen LogP contribution in [-0.4, -0.2) is 16.0 Å². The molecule has 0 radical (unpaired) electrons. The third-order valence-electron chi connectivity index (χ3n) is 4.85. The Kier molecular flexibility index (Phi) is 4.25. The minimum atomic E-state index is -0.0636. The molecule has 1 aliphatic rings. The van der Waals surface area contributed by atoms with Crippen LogP contribution in [-0.2, 0) is 17.6 Å². The fourth-order valence-electron chi connectivity index (χ4n) is 3.53. The number of benzene rings is 2. The lowest BCUT2D eigenvalue weighted by atomic mass is 10.1. The Balaban J connectivity index is 1.22. The number of aromatic nitrogens is 2. The summed E-state index contributed by atoms with van der Waals surface area (Å²) in [5.74, 6) is 0.984. The molecule has 0 bridgehead atoms. The van der Waals surface area contributed by atoms with Gasteiger partial charge < -0.3 is 9.84 Å². The predicted molar refractivity (Wildman–Crippen MR) is 109 cm³/mol. The van der Waals surface area contributed by atoms with Gasteiger partial charge in [0.15, 0.2) is 0 Å². The number of aryl methyl sites for hydroxylation is 1. The van der Waals surface area contributed by atoms with Gasteiger partial charge in [0.1, 0.15) is 0 Å². The zero-order chi connectivity index (χ0) is 18.9. The molecular weight excluding hydrogens is 370 g/mol. The van der Waals surface area contributed by atoms with Gasteiger partial charge in [-0.05, 0) is 52.3 Å². The fraction of sp³-hybridized carbons (Fsp3) is 0.136. The summed E-state index contributed by atoms with van der Waals surface area (Å²) in [7, 11) is 0. The molecule has 2 aromatic heterocycles. The maximum absolute atomic E-state index is 12.3. The van der Waals surface area contributed by atoms with Gasteiger partial charge in [0.25, 0.3) is 0 Å². The highest BCUT2D eigenvalue weighted by Gasteiger charge is 2.18. The number of rotatable bonds is 5. The van der Waals surface area contributed by atoms with Crippen molar-refractivity contribution in [3.63, 3.8) is 0 Å². The van der Waals surface area contributed by atoms with E-state index in [1.54, 1.807) is 11.3 Å². The molecule has 4 aromatic rings. The lowest BCUT2D eigenvalue weighted by Gasteiger charge is -2.07. The fourth-order valence-corrected chi connectivity index (χ4v) is 4.18. The van der Waals surface area contributed by atoms with E-state index in [-0.39, 0.29) is 5.91 Å². The first kappa shape index (κ1) is 16.9. The molecule has 28 heavy (non-hydrogen) atoms. The minimum absolute atomic E-state index is 0.0636. The number of nitrogens with zero attached hydrogens (tertiary/aromatic N) is 2. The van der Waals surface area contributed by atoms with E-state index in [0.717, 1.165) is 17.0 Å². The predicted octanol–water partition coefficient (Wildman–Crippen LogP) is 4.94. The normalized spacial score (nSPS) is 11.9. The maximum Gasteiger partial charge on any atom is 0.227 e. The van der Waals surface area contributed by atoms with E-state index in [0.29, 0.717) is 24.6 Å². The molecule has 1 aliphatic carbocycles. The van der Waals surface area contributed by atoms with Crippen molar-refractivity contribution in [2.45, 2.75) is 19.3 Å². The summed E-state index contributed by atoms with van der Waals surface area (Å²) < 4.78 is 5.25. The third-order valence-corrected chi connectivity index (χ3v) is 5.72. The summed E-state index contributed by atoms with van der Waals surface area (Å²) in [6.07, 6.45) is 1.62. The monoisotopic (exact) mass is 387 g/mol. The van der Waals surface area contributed by atoms with E-state index < -0.39 is 0 Å². The van der Waals surface area contributed by atoms with Gasteiger partial charge in [-0.2, -0.15) is 4.98 Å². The zero-order valence-electron chi connectivity index (χ0n) is 15.0. The minimum Gasteiger partial charge on any atom is -0.339 e. The standard InChI is InChI=1S/C22H17N3O2S/c26-20(9-10-21-24-22(25-27-21)19-6-3-11-28-19)23-16-7-8-18-15(13-16)12-14-4-1-2-5-17(14)18/h1-8,11,13H,9-10,12H2,(H,23,26). The number of anilines is 1. The number of amides is 1. The van der Waals surface area contributed by atoms with Crippen molar-refractivity contribution < 1.29 is 9.32 Å². The Morgan fingerprint density at radius 2 is 1.96 bits per heavy atom. The number of nitrogens with one attached hydrogen (secondary N) is 1. The topological polar surface area (TPSA) is 68.0 Å². The molecule has 1 amide bonds. The van der Waals surface area contributed by atoms with E-state index in [1.165, 1.54) is 22.3 Å². The Labute approximate surface area is 166 Å². The number of carbonyl (C=O) groups excluding carboxylic acids is 1. The van der Waals surface area contributed by atoms with Crippen LogP contribution in [0.5, 0.6) is 0 Å². The largest absolute Gasteiger partial charge is 0.339 e. The van der Waals surface area contributed by atoms with Crippen molar-refractivity contribution in [2.75, 3.05) is 5.32 Å². The number of hydrogen-bond acceptors (Lipinski definition) is 5. The summed E-state index contributed by atoms with van der Waals surface area (Å²) in [6.45, 7) is 0. The highest BCUT2D eigenvalue weighted by atomic mass is 32.1. The Hall–Kier alpha value is -3.25. The van der Waals surface area contributed by atoms with Gasteiger partial charge >= 0.3 is 0 Å². The third kappa shape index (κ3) is 3.23. The summed E-state index contributed by atoms with van der Waals surface area (Å²) >= 11 is 1.56. The number of thiophene rings is 1. The molecule has 0 saturated heterocycles. The van der Waals surface area contributed by atoms with E-state index in [1.807, 2.05) is 23.6 Å². The molecule has 138 valence electrons. The van der Waals surface area contributed by atoms with Crippen LogP contribution in [0, 0.1) is 0 Å². The molecule has 2 heterocycles. The molecular formula is C22H17N3O2S. The van der Waals surface area contributed by atoms with Crippen molar-refractivity contribution in [1.82, 2.24) is 10.1 Å². The second-order valence-electron chi connectivity index (χ2n) is 6.74. The number of fused-ring (bicyclic) bond motifs is 3. The van der Waals surface area contributed by atoms with Crippen LogP contribution in [0.3, 0.4) is 0 Å². The van der Waals surface area contributed by atoms with E-state index >= 15 is 0 Å². The van der Waals surface area contributed by atoms with Gasteiger partial charge in [0, 0.05) is 18.5 Å².